The predicted octanol–water partition coefficient (Wildman–Crippen LogP) is -0.889. The first kappa shape index (κ1) is 15.9. The van der Waals surface area contributed by atoms with Crippen LogP contribution in [-0.4, -0.2) is 49.6 Å². The molecule has 2 atom stereocenters. The van der Waals surface area contributed by atoms with Crippen molar-refractivity contribution in [1.82, 2.24) is 20.0 Å². The number of carbonyl (C=O) groups excluding carboxylic acids is 3. The number of rotatable bonds is 3. The SMILES string of the molecule is CC1=C(C(=O)[O-])N2C(=O)[C@@H](NC(=O)c3nn(C)cc3Cl)[C@@H]2SC1. The Kier molecular flexibility index (Phi) is 3.85. The number of amides is 2. The number of fused-ring (bicyclic) bond motifs is 1. The number of hydrogen-bond acceptors (Lipinski definition) is 6. The number of nitrogens with one attached hydrogen (secondary N) is 1. The van der Waals surface area contributed by atoms with E-state index in [1.807, 2.05) is 0 Å². The van der Waals surface area contributed by atoms with Gasteiger partial charge in [-0.15, -0.1) is 11.8 Å². The van der Waals surface area contributed by atoms with Gasteiger partial charge in [0.25, 0.3) is 11.8 Å². The summed E-state index contributed by atoms with van der Waals surface area (Å²) in [6, 6.07) is -0.812. The Morgan fingerprint density at radius 3 is 2.78 bits per heavy atom. The topological polar surface area (TPSA) is 107 Å². The highest BCUT2D eigenvalue weighted by Gasteiger charge is 2.52. The fourth-order valence-electron chi connectivity index (χ4n) is 2.59. The van der Waals surface area contributed by atoms with Crippen molar-refractivity contribution in [1.29, 1.82) is 0 Å². The molecule has 10 heteroatoms. The molecule has 122 valence electrons. The molecule has 0 radical (unpaired) electrons. The Morgan fingerprint density at radius 2 is 2.22 bits per heavy atom. The van der Waals surface area contributed by atoms with Gasteiger partial charge in [0.15, 0.2) is 5.69 Å². The van der Waals surface area contributed by atoms with E-state index < -0.39 is 29.2 Å². The Balaban J connectivity index is 1.78. The van der Waals surface area contributed by atoms with E-state index in [1.54, 1.807) is 14.0 Å². The van der Waals surface area contributed by atoms with Crippen molar-refractivity contribution >= 4 is 41.1 Å². The number of nitrogens with zero attached hydrogens (tertiary/aromatic N) is 3. The van der Waals surface area contributed by atoms with Gasteiger partial charge in [0.2, 0.25) is 0 Å². The monoisotopic (exact) mass is 355 g/mol. The molecule has 1 saturated heterocycles. The lowest BCUT2D eigenvalue weighted by Crippen LogP contribution is -2.71. The zero-order chi connectivity index (χ0) is 16.9. The van der Waals surface area contributed by atoms with E-state index in [1.165, 1.54) is 22.6 Å². The second-order valence-corrected chi connectivity index (χ2v) is 6.79. The predicted molar refractivity (Wildman–Crippen MR) is 80.3 cm³/mol. The lowest BCUT2D eigenvalue weighted by Gasteiger charge is -2.50. The standard InChI is InChI=1S/C13H13ClN4O4S/c1-5-4-23-12-8(11(20)18(12)9(5)13(21)22)15-10(19)7-6(14)3-17(2)16-7/h3,8,12H,4H2,1-2H3,(H,15,19)(H,21,22)/p-1/t8-,12+/m1/s1. The van der Waals surface area contributed by atoms with E-state index >= 15 is 0 Å². The van der Waals surface area contributed by atoms with Gasteiger partial charge >= 0.3 is 0 Å². The summed E-state index contributed by atoms with van der Waals surface area (Å²) in [4.78, 5) is 36.8. The van der Waals surface area contributed by atoms with Gasteiger partial charge in [0.05, 0.1) is 16.7 Å². The number of β-lactam (4-membered cyclic amide) rings is 1. The Morgan fingerprint density at radius 1 is 1.52 bits per heavy atom. The molecule has 2 aliphatic heterocycles. The fourth-order valence-corrected chi connectivity index (χ4v) is 4.14. The fraction of sp³-hybridized carbons (Fsp3) is 0.385. The number of halogens is 1. The number of aromatic nitrogens is 2. The Labute approximate surface area is 140 Å². The summed E-state index contributed by atoms with van der Waals surface area (Å²) in [5, 5.41) is 17.4. The highest BCUT2D eigenvalue weighted by molar-refractivity contribution is 8.00. The van der Waals surface area contributed by atoms with E-state index in [-0.39, 0.29) is 16.4 Å². The van der Waals surface area contributed by atoms with Gasteiger partial charge < -0.3 is 15.2 Å². The number of aryl methyl sites for hydroxylation is 1. The molecule has 2 amide bonds. The first-order valence-electron chi connectivity index (χ1n) is 6.67. The molecule has 2 aliphatic rings. The largest absolute Gasteiger partial charge is 0.543 e. The molecule has 0 bridgehead atoms. The lowest BCUT2D eigenvalue weighted by atomic mass is 10.0. The number of hydrogen-bond donors (Lipinski definition) is 1. The van der Waals surface area contributed by atoms with E-state index in [4.69, 9.17) is 11.6 Å². The van der Waals surface area contributed by atoms with Crippen LogP contribution in [0.25, 0.3) is 0 Å². The van der Waals surface area contributed by atoms with Crippen LogP contribution in [0.5, 0.6) is 0 Å². The Hall–Kier alpha value is -2.00. The molecule has 3 rings (SSSR count). The molecular weight excluding hydrogens is 344 g/mol. The lowest BCUT2D eigenvalue weighted by molar-refractivity contribution is -0.301. The van der Waals surface area contributed by atoms with E-state index in [9.17, 15) is 19.5 Å². The summed E-state index contributed by atoms with van der Waals surface area (Å²) in [6.07, 6.45) is 1.47. The zero-order valence-electron chi connectivity index (χ0n) is 12.2. The van der Waals surface area contributed by atoms with Gasteiger partial charge in [-0.25, -0.2) is 0 Å². The molecule has 3 heterocycles. The van der Waals surface area contributed by atoms with Gasteiger partial charge in [0, 0.05) is 19.0 Å². The zero-order valence-corrected chi connectivity index (χ0v) is 13.8. The summed E-state index contributed by atoms with van der Waals surface area (Å²) in [7, 11) is 1.62. The molecule has 8 nitrogen and oxygen atoms in total. The van der Waals surface area contributed by atoms with Crippen LogP contribution in [0.4, 0.5) is 0 Å². The van der Waals surface area contributed by atoms with E-state index in [2.05, 4.69) is 10.4 Å². The van der Waals surface area contributed by atoms with Crippen molar-refractivity contribution in [3.8, 4) is 0 Å². The van der Waals surface area contributed by atoms with Crippen molar-refractivity contribution in [3.63, 3.8) is 0 Å². The van der Waals surface area contributed by atoms with Crippen LogP contribution in [0.3, 0.4) is 0 Å². The summed E-state index contributed by atoms with van der Waals surface area (Å²) >= 11 is 7.29. The van der Waals surface area contributed by atoms with Crippen LogP contribution in [0, 0.1) is 0 Å². The third kappa shape index (κ3) is 2.49. The molecule has 0 aromatic carbocycles. The molecule has 1 aromatic rings. The molecule has 0 saturated carbocycles. The Bertz CT molecular complexity index is 759. The van der Waals surface area contributed by atoms with Gasteiger partial charge in [-0.05, 0) is 12.5 Å². The highest BCUT2D eigenvalue weighted by Crippen LogP contribution is 2.39. The van der Waals surface area contributed by atoms with Crippen LogP contribution in [0.15, 0.2) is 17.5 Å². The van der Waals surface area contributed by atoms with Crippen molar-refractivity contribution in [3.05, 3.63) is 28.2 Å². The molecule has 0 unspecified atom stereocenters. The minimum absolute atomic E-state index is 0.0214. The van der Waals surface area contributed by atoms with Crippen LogP contribution < -0.4 is 10.4 Å². The minimum atomic E-state index is -1.39. The first-order chi connectivity index (χ1) is 10.8. The van der Waals surface area contributed by atoms with Crippen molar-refractivity contribution in [2.75, 3.05) is 5.75 Å². The number of carbonyl (C=O) groups is 3. The van der Waals surface area contributed by atoms with Gasteiger partial charge in [-0.3, -0.25) is 19.2 Å². The second kappa shape index (κ2) is 5.57. The van der Waals surface area contributed by atoms with Crippen LogP contribution >= 0.6 is 23.4 Å². The maximum atomic E-state index is 12.2. The molecule has 1 aromatic heterocycles. The van der Waals surface area contributed by atoms with Crippen LogP contribution in [0.2, 0.25) is 5.02 Å². The molecule has 1 fully saturated rings. The first-order valence-corrected chi connectivity index (χ1v) is 8.09. The smallest absolute Gasteiger partial charge is 0.274 e. The van der Waals surface area contributed by atoms with Crippen LogP contribution in [-0.2, 0) is 16.6 Å². The second-order valence-electron chi connectivity index (χ2n) is 5.28. The van der Waals surface area contributed by atoms with Crippen molar-refractivity contribution in [2.24, 2.45) is 7.05 Å². The van der Waals surface area contributed by atoms with Gasteiger partial charge in [0.1, 0.15) is 11.4 Å². The third-order valence-corrected chi connectivity index (χ3v) is 5.34. The molecule has 0 aliphatic carbocycles. The summed E-state index contributed by atoms with van der Waals surface area (Å²) < 4.78 is 1.39. The number of thioether (sulfide) groups is 1. The quantitative estimate of drug-likeness (QED) is 0.705. The average molecular weight is 356 g/mol. The summed E-state index contributed by atoms with van der Waals surface area (Å²) in [5.41, 5.74) is 0.477. The van der Waals surface area contributed by atoms with Crippen molar-refractivity contribution in [2.45, 2.75) is 18.3 Å². The van der Waals surface area contributed by atoms with Crippen molar-refractivity contribution < 1.29 is 19.5 Å². The van der Waals surface area contributed by atoms with E-state index in [0.717, 1.165) is 4.90 Å². The third-order valence-electron chi connectivity index (χ3n) is 3.64. The normalized spacial score (nSPS) is 23.4. The molecular formula is C13H12ClN4O4S-. The summed E-state index contributed by atoms with van der Waals surface area (Å²) in [6.45, 7) is 1.64. The number of carboxylic acid groups (broad SMARTS) is 1. The maximum Gasteiger partial charge on any atom is 0.274 e. The number of carboxylic acids is 1. The van der Waals surface area contributed by atoms with Gasteiger partial charge in [-0.1, -0.05) is 11.6 Å². The van der Waals surface area contributed by atoms with E-state index in [0.29, 0.717) is 11.3 Å². The minimum Gasteiger partial charge on any atom is -0.543 e. The average Bonchev–Trinajstić information content (AvgIpc) is 2.82. The number of aliphatic carboxylic acids is 1. The maximum absolute atomic E-state index is 12.2. The van der Waals surface area contributed by atoms with Gasteiger partial charge in [-0.2, -0.15) is 5.10 Å². The summed E-state index contributed by atoms with van der Waals surface area (Å²) in [5.74, 6) is -2.00. The molecule has 1 N–H and O–H groups in total. The molecule has 23 heavy (non-hydrogen) atoms. The molecule has 0 spiro atoms. The highest BCUT2D eigenvalue weighted by atomic mass is 35.5. The van der Waals surface area contributed by atoms with Crippen LogP contribution in [0.1, 0.15) is 17.4 Å².